The topological polar surface area (TPSA) is 75.7 Å². The summed E-state index contributed by atoms with van der Waals surface area (Å²) in [4.78, 5) is 39.0. The maximum Gasteiger partial charge on any atom is 0.262 e. The Bertz CT molecular complexity index is 1170. The zero-order chi connectivity index (χ0) is 23.8. The summed E-state index contributed by atoms with van der Waals surface area (Å²) in [6.07, 6.45) is 0. The largest absolute Gasteiger partial charge is 0.457 e. The lowest BCUT2D eigenvalue weighted by Gasteiger charge is -2.21. The molecule has 1 atom stereocenters. The smallest absolute Gasteiger partial charge is 0.262 e. The number of nitrogens with one attached hydrogen (secondary N) is 1. The van der Waals surface area contributed by atoms with Crippen LogP contribution in [-0.4, -0.2) is 28.7 Å². The lowest BCUT2D eigenvalue weighted by molar-refractivity contribution is -0.119. The van der Waals surface area contributed by atoms with Gasteiger partial charge >= 0.3 is 0 Å². The highest BCUT2D eigenvalue weighted by Gasteiger charge is 2.40. The molecule has 3 aromatic rings. The summed E-state index contributed by atoms with van der Waals surface area (Å²) in [5, 5.41) is 2.76. The molecule has 0 aliphatic carbocycles. The van der Waals surface area contributed by atoms with Crippen LogP contribution in [0.5, 0.6) is 11.5 Å². The Morgan fingerprint density at radius 3 is 1.79 bits per heavy atom. The highest BCUT2D eigenvalue weighted by atomic mass is 16.5. The molecule has 1 aliphatic rings. The van der Waals surface area contributed by atoms with Gasteiger partial charge in [0.1, 0.15) is 17.5 Å². The summed E-state index contributed by atoms with van der Waals surface area (Å²) in [6, 6.07) is 20.5. The maximum atomic E-state index is 12.7. The van der Waals surface area contributed by atoms with Gasteiger partial charge in [-0.2, -0.15) is 0 Å². The van der Waals surface area contributed by atoms with Gasteiger partial charge in [-0.1, -0.05) is 45.0 Å². The first-order valence-electron chi connectivity index (χ1n) is 10.8. The minimum Gasteiger partial charge on any atom is -0.457 e. The van der Waals surface area contributed by atoms with E-state index in [2.05, 4.69) is 26.1 Å². The van der Waals surface area contributed by atoms with E-state index in [0.29, 0.717) is 22.6 Å². The number of benzene rings is 3. The molecule has 0 aromatic heterocycles. The second kappa shape index (κ2) is 8.54. The number of fused-ring (bicyclic) bond motifs is 1. The standard InChI is InChI=1S/C27H26N2O4/c1-17(29-25(31)22-7-5-6-8-23(22)26(29)32)24(30)28-19-11-15-21(16-12-19)33-20-13-9-18(10-14-20)27(2,3)4/h5-17H,1-4H3,(H,28,30). The van der Waals surface area contributed by atoms with Gasteiger partial charge in [0.05, 0.1) is 11.1 Å². The first-order valence-corrected chi connectivity index (χ1v) is 10.8. The second-order valence-corrected chi connectivity index (χ2v) is 9.09. The van der Waals surface area contributed by atoms with Crippen LogP contribution in [-0.2, 0) is 10.2 Å². The Labute approximate surface area is 193 Å². The van der Waals surface area contributed by atoms with Crippen molar-refractivity contribution in [1.29, 1.82) is 0 Å². The van der Waals surface area contributed by atoms with E-state index in [1.54, 1.807) is 48.5 Å². The van der Waals surface area contributed by atoms with E-state index in [1.165, 1.54) is 12.5 Å². The molecule has 0 bridgehead atoms. The van der Waals surface area contributed by atoms with Crippen molar-refractivity contribution in [3.63, 3.8) is 0 Å². The number of anilines is 1. The third-order valence-electron chi connectivity index (χ3n) is 5.67. The van der Waals surface area contributed by atoms with Crippen molar-refractivity contribution in [2.45, 2.75) is 39.2 Å². The van der Waals surface area contributed by atoms with E-state index in [4.69, 9.17) is 4.74 Å². The van der Waals surface area contributed by atoms with Crippen LogP contribution in [0.3, 0.4) is 0 Å². The van der Waals surface area contributed by atoms with Crippen molar-refractivity contribution in [1.82, 2.24) is 4.90 Å². The molecule has 4 rings (SSSR count). The molecule has 0 radical (unpaired) electrons. The second-order valence-electron chi connectivity index (χ2n) is 9.09. The summed E-state index contributed by atoms with van der Waals surface area (Å²) in [7, 11) is 0. The number of hydrogen-bond acceptors (Lipinski definition) is 4. The fraction of sp³-hybridized carbons (Fsp3) is 0.222. The number of rotatable bonds is 5. The van der Waals surface area contributed by atoms with Gasteiger partial charge in [0, 0.05) is 5.69 Å². The molecule has 1 aliphatic heterocycles. The number of imide groups is 1. The highest BCUT2D eigenvalue weighted by Crippen LogP contribution is 2.28. The van der Waals surface area contributed by atoms with Gasteiger partial charge < -0.3 is 10.1 Å². The minimum absolute atomic E-state index is 0.0720. The van der Waals surface area contributed by atoms with Gasteiger partial charge in [-0.15, -0.1) is 0 Å². The first-order chi connectivity index (χ1) is 15.6. The molecule has 0 fully saturated rings. The molecule has 33 heavy (non-hydrogen) atoms. The van der Waals surface area contributed by atoms with Gasteiger partial charge in [0.15, 0.2) is 0 Å². The third kappa shape index (κ3) is 4.51. The summed E-state index contributed by atoms with van der Waals surface area (Å²) in [5.74, 6) is -0.0150. The molecule has 3 amide bonds. The van der Waals surface area contributed by atoms with Crippen LogP contribution in [0, 0.1) is 0 Å². The quantitative estimate of drug-likeness (QED) is 0.537. The van der Waals surface area contributed by atoms with Crippen LogP contribution >= 0.6 is 0 Å². The lowest BCUT2D eigenvalue weighted by Crippen LogP contribution is -2.45. The first kappa shape index (κ1) is 22.3. The van der Waals surface area contributed by atoms with Gasteiger partial charge in [-0.3, -0.25) is 19.3 Å². The number of nitrogens with zero attached hydrogens (tertiary/aromatic N) is 1. The lowest BCUT2D eigenvalue weighted by atomic mass is 9.87. The van der Waals surface area contributed by atoms with Gasteiger partial charge in [-0.25, -0.2) is 0 Å². The Morgan fingerprint density at radius 1 is 0.818 bits per heavy atom. The molecule has 0 saturated heterocycles. The Morgan fingerprint density at radius 2 is 1.30 bits per heavy atom. The minimum atomic E-state index is -0.949. The van der Waals surface area contributed by atoms with E-state index in [1.807, 2.05) is 24.3 Å². The van der Waals surface area contributed by atoms with Crippen molar-refractivity contribution in [2.75, 3.05) is 5.32 Å². The van der Waals surface area contributed by atoms with E-state index in [0.717, 1.165) is 10.6 Å². The van der Waals surface area contributed by atoms with Crippen molar-refractivity contribution in [3.8, 4) is 11.5 Å². The van der Waals surface area contributed by atoms with Crippen LogP contribution in [0.4, 0.5) is 5.69 Å². The molecule has 1 heterocycles. The fourth-order valence-corrected chi connectivity index (χ4v) is 3.69. The van der Waals surface area contributed by atoms with Crippen molar-refractivity contribution in [2.24, 2.45) is 0 Å². The predicted octanol–water partition coefficient (Wildman–Crippen LogP) is 5.40. The van der Waals surface area contributed by atoms with Gasteiger partial charge in [0.25, 0.3) is 11.8 Å². The molecule has 168 valence electrons. The Hall–Kier alpha value is -3.93. The number of ether oxygens (including phenoxy) is 1. The van der Waals surface area contributed by atoms with E-state index in [9.17, 15) is 14.4 Å². The van der Waals surface area contributed by atoms with E-state index >= 15 is 0 Å². The molecule has 6 nitrogen and oxygen atoms in total. The van der Waals surface area contributed by atoms with Crippen LogP contribution in [0.15, 0.2) is 72.8 Å². The average Bonchev–Trinajstić information content (AvgIpc) is 3.04. The molecular formula is C27H26N2O4. The summed E-state index contributed by atoms with van der Waals surface area (Å²) < 4.78 is 5.89. The number of carbonyl (C=O) groups excluding carboxylic acids is 3. The Kier molecular flexibility index (Phi) is 5.77. The SMILES string of the molecule is CC(C(=O)Nc1ccc(Oc2ccc(C(C)(C)C)cc2)cc1)N1C(=O)c2ccccc2C1=O. The molecule has 3 aromatic carbocycles. The summed E-state index contributed by atoms with van der Waals surface area (Å²) in [6.45, 7) is 8.01. The van der Waals surface area contributed by atoms with Crippen molar-refractivity contribution >= 4 is 23.4 Å². The molecule has 0 spiro atoms. The predicted molar refractivity (Wildman–Crippen MR) is 127 cm³/mol. The fourth-order valence-electron chi connectivity index (χ4n) is 3.69. The maximum absolute atomic E-state index is 12.7. The van der Waals surface area contributed by atoms with Crippen LogP contribution < -0.4 is 10.1 Å². The van der Waals surface area contributed by atoms with Crippen LogP contribution in [0.2, 0.25) is 0 Å². The average molecular weight is 443 g/mol. The normalized spacial score (nSPS) is 14.1. The molecule has 6 heteroatoms. The molecule has 0 saturated carbocycles. The van der Waals surface area contributed by atoms with Gasteiger partial charge in [-0.05, 0) is 66.4 Å². The number of amides is 3. The molecule has 1 N–H and O–H groups in total. The van der Waals surface area contributed by atoms with Crippen LogP contribution in [0.1, 0.15) is 54.0 Å². The summed E-state index contributed by atoms with van der Waals surface area (Å²) in [5.41, 5.74) is 2.47. The molecular weight excluding hydrogens is 416 g/mol. The highest BCUT2D eigenvalue weighted by molar-refractivity contribution is 6.23. The molecule has 1 unspecified atom stereocenters. The zero-order valence-electron chi connectivity index (χ0n) is 19.1. The van der Waals surface area contributed by atoms with Crippen LogP contribution in [0.25, 0.3) is 0 Å². The Balaban J connectivity index is 1.39. The van der Waals surface area contributed by atoms with E-state index in [-0.39, 0.29) is 5.41 Å². The zero-order valence-corrected chi connectivity index (χ0v) is 19.1. The number of carbonyl (C=O) groups is 3. The van der Waals surface area contributed by atoms with Crippen molar-refractivity contribution < 1.29 is 19.1 Å². The summed E-state index contributed by atoms with van der Waals surface area (Å²) >= 11 is 0. The van der Waals surface area contributed by atoms with Crippen molar-refractivity contribution in [3.05, 3.63) is 89.5 Å². The monoisotopic (exact) mass is 442 g/mol. The third-order valence-corrected chi connectivity index (χ3v) is 5.67. The van der Waals surface area contributed by atoms with Gasteiger partial charge in [0.2, 0.25) is 5.91 Å². The van der Waals surface area contributed by atoms with E-state index < -0.39 is 23.8 Å². The number of hydrogen-bond donors (Lipinski definition) is 1.